The average Bonchev–Trinajstić information content (AvgIpc) is 2.30. The molecule has 0 aliphatic carbocycles. The van der Waals surface area contributed by atoms with Gasteiger partial charge in [0.05, 0.1) is 6.61 Å². The van der Waals surface area contributed by atoms with Crippen LogP contribution in [0.25, 0.3) is 0 Å². The third-order valence-corrected chi connectivity index (χ3v) is 2.96. The Morgan fingerprint density at radius 3 is 3.00 bits per heavy atom. The number of carbonyl (C=O) groups excluding carboxylic acids is 1. The normalized spacial score (nSPS) is 18.4. The third kappa shape index (κ3) is 2.53. The Morgan fingerprint density at radius 2 is 2.29 bits per heavy atom. The molecular formula is C12H14ClNO3. The maximum Gasteiger partial charge on any atom is 0.411 e. The number of benzene rings is 1. The Labute approximate surface area is 105 Å². The average molecular weight is 256 g/mol. The molecule has 17 heavy (non-hydrogen) atoms. The van der Waals surface area contributed by atoms with Gasteiger partial charge in [0.15, 0.2) is 0 Å². The van der Waals surface area contributed by atoms with Crippen LogP contribution in [0.1, 0.15) is 17.4 Å². The molecular weight excluding hydrogens is 242 g/mol. The topological polar surface area (TPSA) is 38.8 Å². The highest BCUT2D eigenvalue weighted by atomic mass is 35.5. The second kappa shape index (κ2) is 4.94. The van der Waals surface area contributed by atoms with E-state index in [1.807, 2.05) is 18.2 Å². The summed E-state index contributed by atoms with van der Waals surface area (Å²) in [6.07, 6.45) is -0.347. The maximum absolute atomic E-state index is 11.5. The summed E-state index contributed by atoms with van der Waals surface area (Å²) in [5.74, 6) is 0. The molecule has 0 N–H and O–H groups in total. The van der Waals surface area contributed by atoms with Crippen molar-refractivity contribution in [1.29, 1.82) is 0 Å². The first-order valence-electron chi connectivity index (χ1n) is 5.36. The van der Waals surface area contributed by atoms with Crippen LogP contribution in [0.4, 0.5) is 4.79 Å². The number of halogens is 1. The van der Waals surface area contributed by atoms with E-state index in [9.17, 15) is 4.79 Å². The minimum absolute atomic E-state index is 0.428. The Morgan fingerprint density at radius 1 is 1.53 bits per heavy atom. The van der Waals surface area contributed by atoms with Crippen molar-refractivity contribution in [2.24, 2.45) is 0 Å². The summed E-state index contributed by atoms with van der Waals surface area (Å²) in [7, 11) is 3.26. The third-order valence-electron chi connectivity index (χ3n) is 2.60. The lowest BCUT2D eigenvalue weighted by Gasteiger charge is -2.27. The fourth-order valence-electron chi connectivity index (χ4n) is 1.71. The van der Waals surface area contributed by atoms with Gasteiger partial charge in [0.2, 0.25) is 6.29 Å². The van der Waals surface area contributed by atoms with E-state index in [2.05, 4.69) is 0 Å². The van der Waals surface area contributed by atoms with Crippen LogP contribution in [0, 0.1) is 0 Å². The van der Waals surface area contributed by atoms with Crippen LogP contribution in [0.5, 0.6) is 0 Å². The molecule has 4 nitrogen and oxygen atoms in total. The molecule has 0 bridgehead atoms. The quantitative estimate of drug-likeness (QED) is 0.774. The van der Waals surface area contributed by atoms with E-state index >= 15 is 0 Å². The molecule has 1 aromatic carbocycles. The van der Waals surface area contributed by atoms with Gasteiger partial charge >= 0.3 is 6.09 Å². The van der Waals surface area contributed by atoms with Crippen molar-refractivity contribution in [3.8, 4) is 0 Å². The smallest absolute Gasteiger partial charge is 0.411 e. The highest BCUT2D eigenvalue weighted by molar-refractivity contribution is 6.31. The zero-order valence-electron chi connectivity index (χ0n) is 9.77. The van der Waals surface area contributed by atoms with E-state index in [0.29, 0.717) is 11.6 Å². The van der Waals surface area contributed by atoms with Gasteiger partial charge in [-0.25, -0.2) is 4.79 Å². The van der Waals surface area contributed by atoms with Gasteiger partial charge in [-0.2, -0.15) is 0 Å². The molecule has 1 atom stereocenters. The van der Waals surface area contributed by atoms with Gasteiger partial charge in [0, 0.05) is 24.7 Å². The molecule has 5 heteroatoms. The number of carbonyl (C=O) groups is 1. The van der Waals surface area contributed by atoms with Gasteiger partial charge in [-0.05, 0) is 18.1 Å². The first kappa shape index (κ1) is 12.2. The Bertz CT molecular complexity index is 434. The number of fused-ring (bicyclic) bond motifs is 1. The summed E-state index contributed by atoms with van der Waals surface area (Å²) in [5, 5.41) is 0.691. The van der Waals surface area contributed by atoms with Crippen molar-refractivity contribution in [2.75, 3.05) is 20.7 Å². The zero-order chi connectivity index (χ0) is 12.4. The predicted molar refractivity (Wildman–Crippen MR) is 64.0 cm³/mol. The number of nitrogens with zero attached hydrogens (tertiary/aromatic N) is 1. The summed E-state index contributed by atoms with van der Waals surface area (Å²) in [6.45, 7) is 0.502. The van der Waals surface area contributed by atoms with E-state index in [1.165, 1.54) is 4.90 Å². The zero-order valence-corrected chi connectivity index (χ0v) is 10.5. The van der Waals surface area contributed by atoms with E-state index in [4.69, 9.17) is 21.1 Å². The lowest BCUT2D eigenvalue weighted by molar-refractivity contribution is -0.120. The number of ether oxygens (including phenoxy) is 2. The van der Waals surface area contributed by atoms with Gasteiger partial charge in [0.25, 0.3) is 0 Å². The van der Waals surface area contributed by atoms with Crippen molar-refractivity contribution in [2.45, 2.75) is 12.7 Å². The highest BCUT2D eigenvalue weighted by Crippen LogP contribution is 2.32. The van der Waals surface area contributed by atoms with Gasteiger partial charge in [0.1, 0.15) is 0 Å². The summed E-state index contributed by atoms with van der Waals surface area (Å²) in [6, 6.07) is 5.52. The molecule has 0 fully saturated rings. The molecule has 1 heterocycles. The van der Waals surface area contributed by atoms with E-state index < -0.39 is 12.4 Å². The summed E-state index contributed by atoms with van der Waals surface area (Å²) in [5.41, 5.74) is 1.83. The summed E-state index contributed by atoms with van der Waals surface area (Å²) >= 11 is 6.10. The van der Waals surface area contributed by atoms with Crippen LogP contribution < -0.4 is 0 Å². The fraction of sp³-hybridized carbons (Fsp3) is 0.417. The van der Waals surface area contributed by atoms with Crippen LogP contribution in [0.3, 0.4) is 0 Å². The molecule has 1 amide bonds. The number of hydrogen-bond donors (Lipinski definition) is 0. The molecule has 0 saturated carbocycles. The summed E-state index contributed by atoms with van der Waals surface area (Å²) < 4.78 is 10.7. The van der Waals surface area contributed by atoms with Gasteiger partial charge < -0.3 is 14.4 Å². The Hall–Kier alpha value is -1.26. The van der Waals surface area contributed by atoms with Crippen molar-refractivity contribution in [1.82, 2.24) is 4.90 Å². The van der Waals surface area contributed by atoms with Crippen LogP contribution in [-0.4, -0.2) is 31.7 Å². The lowest BCUT2D eigenvalue weighted by atomic mass is 10.0. The van der Waals surface area contributed by atoms with Crippen molar-refractivity contribution in [3.63, 3.8) is 0 Å². The van der Waals surface area contributed by atoms with Crippen LogP contribution in [0.2, 0.25) is 5.02 Å². The second-order valence-corrected chi connectivity index (χ2v) is 4.45. The predicted octanol–water partition coefficient (Wildman–Crippen LogP) is 2.61. The monoisotopic (exact) mass is 255 g/mol. The molecule has 0 spiro atoms. The van der Waals surface area contributed by atoms with Gasteiger partial charge in [-0.1, -0.05) is 23.7 Å². The molecule has 1 aromatic rings. The molecule has 1 aliphatic heterocycles. The Kier molecular flexibility index (Phi) is 3.54. The highest BCUT2D eigenvalue weighted by Gasteiger charge is 2.26. The molecule has 0 saturated heterocycles. The van der Waals surface area contributed by atoms with Crippen LogP contribution in [0.15, 0.2) is 18.2 Å². The van der Waals surface area contributed by atoms with Gasteiger partial charge in [-0.3, -0.25) is 0 Å². The first-order chi connectivity index (χ1) is 8.09. The van der Waals surface area contributed by atoms with Crippen molar-refractivity contribution in [3.05, 3.63) is 34.3 Å². The molecule has 2 rings (SSSR count). The SMILES string of the molecule is CN(C)C(=O)OC1OCCc2c(Cl)cccc21. The molecule has 1 unspecified atom stereocenters. The van der Waals surface area contributed by atoms with Crippen molar-refractivity contribution < 1.29 is 14.3 Å². The molecule has 0 radical (unpaired) electrons. The standard InChI is InChI=1S/C12H14ClNO3/c1-14(2)12(15)17-11-9-4-3-5-10(13)8(9)6-7-16-11/h3-5,11H,6-7H2,1-2H3. The summed E-state index contributed by atoms with van der Waals surface area (Å²) in [4.78, 5) is 12.9. The van der Waals surface area contributed by atoms with E-state index in [-0.39, 0.29) is 0 Å². The number of hydrogen-bond acceptors (Lipinski definition) is 3. The van der Waals surface area contributed by atoms with Gasteiger partial charge in [-0.15, -0.1) is 0 Å². The molecule has 1 aliphatic rings. The minimum atomic E-state index is -0.660. The minimum Gasteiger partial charge on any atom is -0.415 e. The van der Waals surface area contributed by atoms with Crippen molar-refractivity contribution >= 4 is 17.7 Å². The largest absolute Gasteiger partial charge is 0.415 e. The first-order valence-corrected chi connectivity index (χ1v) is 5.74. The maximum atomic E-state index is 11.5. The van der Waals surface area contributed by atoms with Crippen LogP contribution in [-0.2, 0) is 15.9 Å². The number of amides is 1. The molecule has 92 valence electrons. The fourth-order valence-corrected chi connectivity index (χ4v) is 1.99. The van der Waals surface area contributed by atoms with E-state index in [1.54, 1.807) is 14.1 Å². The number of rotatable bonds is 1. The molecule has 0 aromatic heterocycles. The van der Waals surface area contributed by atoms with E-state index in [0.717, 1.165) is 17.5 Å². The Balaban J connectivity index is 2.23. The second-order valence-electron chi connectivity index (χ2n) is 4.04. The lowest BCUT2D eigenvalue weighted by Crippen LogP contribution is -2.28. The van der Waals surface area contributed by atoms with Crippen LogP contribution >= 0.6 is 11.6 Å².